The Morgan fingerprint density at radius 3 is 2.66 bits per heavy atom. The highest BCUT2D eigenvalue weighted by Gasteiger charge is 2.38. The summed E-state index contributed by atoms with van der Waals surface area (Å²) in [6, 6.07) is -0.322. The van der Waals surface area contributed by atoms with Crippen LogP contribution in [0.5, 0.6) is 0 Å². The molecule has 3 aliphatic rings. The molecule has 6 N–H and O–H groups in total. The van der Waals surface area contributed by atoms with Crippen molar-refractivity contribution in [1.82, 2.24) is 10.6 Å². The molecule has 0 radical (unpaired) electrons. The van der Waals surface area contributed by atoms with E-state index in [2.05, 4.69) is 21.7 Å². The van der Waals surface area contributed by atoms with Crippen molar-refractivity contribution >= 4 is 5.84 Å². The van der Waals surface area contributed by atoms with Crippen LogP contribution in [0.25, 0.3) is 0 Å². The molecule has 5 unspecified atom stereocenters. The van der Waals surface area contributed by atoms with Crippen molar-refractivity contribution in [3.8, 4) is 0 Å². The molecule has 0 amide bonds. The van der Waals surface area contributed by atoms with Crippen LogP contribution in [0.3, 0.4) is 0 Å². The number of rotatable bonds is 5. The molecule has 1 fully saturated rings. The molecule has 162 valence electrons. The van der Waals surface area contributed by atoms with Gasteiger partial charge in [0.25, 0.3) is 0 Å². The number of hydrogen-bond donors (Lipinski definition) is 4. The number of hydrogen-bond acceptors (Lipinski definition) is 4. The van der Waals surface area contributed by atoms with Crippen LogP contribution in [0.4, 0.5) is 13.2 Å². The number of aliphatic imine (C=N–C) groups is 1. The zero-order chi connectivity index (χ0) is 21.2. The monoisotopic (exact) mass is 411 g/mol. The maximum atomic E-state index is 13.0. The number of nitrogens with one attached hydrogen (secondary N) is 2. The third-order valence-electron chi connectivity index (χ3n) is 6.33. The van der Waals surface area contributed by atoms with E-state index in [0.717, 1.165) is 43.5 Å². The molecule has 0 aromatic rings. The summed E-state index contributed by atoms with van der Waals surface area (Å²) in [6.07, 6.45) is 2.98. The van der Waals surface area contributed by atoms with Crippen molar-refractivity contribution in [2.75, 3.05) is 19.6 Å². The molecule has 0 saturated carbocycles. The largest absolute Gasteiger partial charge is 0.416 e. The molecule has 1 aliphatic heterocycles. The van der Waals surface area contributed by atoms with Gasteiger partial charge in [-0.15, -0.1) is 0 Å². The summed E-state index contributed by atoms with van der Waals surface area (Å²) < 4.78 is 39.1. The zero-order valence-corrected chi connectivity index (χ0v) is 17.1. The number of amidine groups is 1. The van der Waals surface area contributed by atoms with E-state index in [1.165, 1.54) is 12.5 Å². The first-order chi connectivity index (χ1) is 13.7. The maximum absolute atomic E-state index is 13.0. The topological polar surface area (TPSA) is 88.5 Å². The molecule has 29 heavy (non-hydrogen) atoms. The third kappa shape index (κ3) is 4.97. The normalized spacial score (nSPS) is 31.9. The van der Waals surface area contributed by atoms with Gasteiger partial charge in [-0.25, -0.2) is 0 Å². The van der Waals surface area contributed by atoms with Crippen LogP contribution >= 0.6 is 0 Å². The van der Waals surface area contributed by atoms with Crippen molar-refractivity contribution in [1.29, 1.82) is 0 Å². The van der Waals surface area contributed by atoms with E-state index in [9.17, 15) is 13.2 Å². The lowest BCUT2D eigenvalue weighted by Gasteiger charge is -2.34. The summed E-state index contributed by atoms with van der Waals surface area (Å²) in [5.74, 6) is 1.36. The molecule has 0 aromatic heterocycles. The number of allylic oxidation sites excluding steroid dienone is 3. The van der Waals surface area contributed by atoms with E-state index in [0.29, 0.717) is 18.4 Å². The van der Waals surface area contributed by atoms with Crippen LogP contribution in [0.1, 0.15) is 33.1 Å². The lowest BCUT2D eigenvalue weighted by atomic mass is 9.76. The standard InChI is InChI=1S/C21H32F3N5/c1-3-28-20(17-8-13(4-5-18(17)25)14-6-7-27-11-14)29-12(2)16-9-15(10-19(16)26)21(22,23)24/h5,9-10,12-14,16-17,27H,3-4,6-8,11,25-26H2,1-2H3,(H,28,29). The van der Waals surface area contributed by atoms with E-state index in [-0.39, 0.29) is 17.7 Å². The first-order valence-corrected chi connectivity index (χ1v) is 10.4. The molecule has 5 atom stereocenters. The van der Waals surface area contributed by atoms with Crippen LogP contribution < -0.4 is 22.1 Å². The Bertz CT molecular complexity index is 716. The summed E-state index contributed by atoms with van der Waals surface area (Å²) in [4.78, 5) is 4.63. The van der Waals surface area contributed by atoms with Crippen LogP contribution in [0, 0.1) is 23.7 Å². The van der Waals surface area contributed by atoms with Crippen LogP contribution in [-0.4, -0.2) is 37.7 Å². The zero-order valence-electron chi connectivity index (χ0n) is 17.1. The molecule has 0 spiro atoms. The second-order valence-corrected chi connectivity index (χ2v) is 8.32. The minimum absolute atomic E-state index is 0.0329. The summed E-state index contributed by atoms with van der Waals surface area (Å²) in [5, 5.41) is 6.78. The molecule has 8 heteroatoms. The Labute approximate surface area is 170 Å². The smallest absolute Gasteiger partial charge is 0.402 e. The van der Waals surface area contributed by atoms with E-state index in [4.69, 9.17) is 11.5 Å². The maximum Gasteiger partial charge on any atom is 0.416 e. The number of halogens is 3. The van der Waals surface area contributed by atoms with Crippen molar-refractivity contribution in [2.24, 2.45) is 40.1 Å². The lowest BCUT2D eigenvalue weighted by molar-refractivity contribution is -0.0881. The van der Waals surface area contributed by atoms with E-state index >= 15 is 0 Å². The molecule has 1 saturated heterocycles. The molecular formula is C21H32F3N5. The molecule has 0 aromatic carbocycles. The van der Waals surface area contributed by atoms with Gasteiger partial charge < -0.3 is 22.1 Å². The first kappa shape index (κ1) is 21.7. The van der Waals surface area contributed by atoms with Gasteiger partial charge in [-0.3, -0.25) is 4.99 Å². The fourth-order valence-corrected chi connectivity index (χ4v) is 4.67. The van der Waals surface area contributed by atoms with Gasteiger partial charge in [-0.05, 0) is 64.1 Å². The summed E-state index contributed by atoms with van der Waals surface area (Å²) in [5.41, 5.74) is 12.6. The van der Waals surface area contributed by atoms with Crippen LogP contribution in [-0.2, 0) is 0 Å². The van der Waals surface area contributed by atoms with Gasteiger partial charge in [-0.1, -0.05) is 12.2 Å². The van der Waals surface area contributed by atoms with E-state index in [1.807, 2.05) is 13.8 Å². The highest BCUT2D eigenvalue weighted by molar-refractivity contribution is 5.87. The van der Waals surface area contributed by atoms with Gasteiger partial charge in [0.05, 0.1) is 11.5 Å². The second kappa shape index (κ2) is 8.81. The number of alkyl halides is 3. The van der Waals surface area contributed by atoms with Crippen molar-refractivity contribution < 1.29 is 13.2 Å². The summed E-state index contributed by atoms with van der Waals surface area (Å²) in [7, 11) is 0. The predicted octanol–water partition coefficient (Wildman–Crippen LogP) is 2.82. The molecule has 2 aliphatic carbocycles. The average molecular weight is 412 g/mol. The van der Waals surface area contributed by atoms with Gasteiger partial charge in [0.15, 0.2) is 0 Å². The SMILES string of the molecule is CC/N=C(/NC(C)C1C=C(C(F)(F)F)C=C1N)C1CC(C2CCNC2)CC=C1N. The Kier molecular flexibility index (Phi) is 6.61. The minimum atomic E-state index is -4.39. The quantitative estimate of drug-likeness (QED) is 0.414. The van der Waals surface area contributed by atoms with Gasteiger partial charge in [0, 0.05) is 29.9 Å². The fourth-order valence-electron chi connectivity index (χ4n) is 4.67. The highest BCUT2D eigenvalue weighted by Crippen LogP contribution is 2.37. The van der Waals surface area contributed by atoms with Gasteiger partial charge in [0.2, 0.25) is 0 Å². The van der Waals surface area contributed by atoms with E-state index < -0.39 is 17.7 Å². The van der Waals surface area contributed by atoms with Crippen molar-refractivity contribution in [2.45, 2.75) is 45.3 Å². The van der Waals surface area contributed by atoms with E-state index in [1.54, 1.807) is 0 Å². The lowest BCUT2D eigenvalue weighted by Crippen LogP contribution is -2.45. The second-order valence-electron chi connectivity index (χ2n) is 8.32. The molecule has 5 nitrogen and oxygen atoms in total. The Hall–Kier alpha value is -1.96. The predicted molar refractivity (Wildman–Crippen MR) is 110 cm³/mol. The van der Waals surface area contributed by atoms with Crippen molar-refractivity contribution in [3.63, 3.8) is 0 Å². The van der Waals surface area contributed by atoms with Gasteiger partial charge in [0.1, 0.15) is 5.84 Å². The molecular weight excluding hydrogens is 379 g/mol. The van der Waals surface area contributed by atoms with Gasteiger partial charge in [-0.2, -0.15) is 13.2 Å². The van der Waals surface area contributed by atoms with Crippen LogP contribution in [0.15, 0.2) is 40.2 Å². The Morgan fingerprint density at radius 1 is 1.31 bits per heavy atom. The minimum Gasteiger partial charge on any atom is -0.402 e. The fraction of sp³-hybridized carbons (Fsp3) is 0.667. The molecule has 0 bridgehead atoms. The highest BCUT2D eigenvalue weighted by atomic mass is 19.4. The number of nitrogens with two attached hydrogens (primary N) is 2. The van der Waals surface area contributed by atoms with Crippen molar-refractivity contribution in [3.05, 3.63) is 35.2 Å². The Morgan fingerprint density at radius 2 is 2.07 bits per heavy atom. The number of nitrogens with zero attached hydrogens (tertiary/aromatic N) is 1. The summed E-state index contributed by atoms with van der Waals surface area (Å²) in [6.45, 7) is 6.45. The average Bonchev–Trinajstić information content (AvgIpc) is 3.31. The summed E-state index contributed by atoms with van der Waals surface area (Å²) >= 11 is 0. The third-order valence-corrected chi connectivity index (χ3v) is 6.33. The first-order valence-electron chi connectivity index (χ1n) is 10.4. The molecule has 3 rings (SSSR count). The van der Waals surface area contributed by atoms with Crippen LogP contribution in [0.2, 0.25) is 0 Å². The Balaban J connectivity index is 1.74. The van der Waals surface area contributed by atoms with Gasteiger partial charge >= 0.3 is 6.18 Å². The molecule has 1 heterocycles.